The molecule has 1 fully saturated rings. The van der Waals surface area contributed by atoms with E-state index in [0.29, 0.717) is 5.56 Å². The third kappa shape index (κ3) is 5.11. The molecule has 26 heavy (non-hydrogen) atoms. The van der Waals surface area contributed by atoms with Gasteiger partial charge in [0.25, 0.3) is 0 Å². The minimum atomic E-state index is 0.0769. The first kappa shape index (κ1) is 18.5. The van der Waals surface area contributed by atoms with Gasteiger partial charge in [-0.05, 0) is 54.5 Å². The van der Waals surface area contributed by atoms with Crippen molar-refractivity contribution in [1.82, 2.24) is 0 Å². The molecular weight excluding hydrogens is 318 g/mol. The molecule has 2 aromatic rings. The summed E-state index contributed by atoms with van der Waals surface area (Å²) in [5, 5.41) is 8.96. The molecule has 0 amide bonds. The predicted molar refractivity (Wildman–Crippen MR) is 106 cm³/mol. The fraction of sp³-hybridized carbons (Fsp3) is 0.458. The van der Waals surface area contributed by atoms with Gasteiger partial charge in [0, 0.05) is 0 Å². The summed E-state index contributed by atoms with van der Waals surface area (Å²) >= 11 is 0. The van der Waals surface area contributed by atoms with Gasteiger partial charge in [0.15, 0.2) is 0 Å². The van der Waals surface area contributed by atoms with Crippen LogP contribution in [-0.2, 0) is 0 Å². The van der Waals surface area contributed by atoms with Crippen LogP contribution in [0.4, 0.5) is 0 Å². The second-order valence-electron chi connectivity index (χ2n) is 7.53. The van der Waals surface area contributed by atoms with E-state index < -0.39 is 0 Å². The lowest BCUT2D eigenvalue weighted by molar-refractivity contribution is 0.169. The third-order valence-electron chi connectivity index (χ3n) is 5.81. The minimum absolute atomic E-state index is 0.0769. The summed E-state index contributed by atoms with van der Waals surface area (Å²) in [5.41, 5.74) is 1.90. The third-order valence-corrected chi connectivity index (χ3v) is 5.81. The zero-order chi connectivity index (χ0) is 18.2. The molecule has 3 rings (SSSR count). The number of rotatable bonds is 7. The van der Waals surface area contributed by atoms with Crippen molar-refractivity contribution < 1.29 is 4.74 Å². The maximum Gasteiger partial charge on any atom is 0.124 e. The first-order chi connectivity index (χ1) is 12.8. The average molecular weight is 348 g/mol. The molecule has 1 aliphatic rings. The van der Waals surface area contributed by atoms with Gasteiger partial charge in [-0.25, -0.2) is 0 Å². The Morgan fingerprint density at radius 2 is 1.62 bits per heavy atom. The van der Waals surface area contributed by atoms with E-state index >= 15 is 0 Å². The van der Waals surface area contributed by atoms with Crippen LogP contribution in [0.2, 0.25) is 0 Å². The van der Waals surface area contributed by atoms with E-state index in [0.717, 1.165) is 24.0 Å². The minimum Gasteiger partial charge on any atom is -0.486 e. The van der Waals surface area contributed by atoms with E-state index in [9.17, 15) is 0 Å². The van der Waals surface area contributed by atoms with E-state index in [2.05, 4.69) is 37.3 Å². The van der Waals surface area contributed by atoms with Crippen LogP contribution in [0.3, 0.4) is 0 Å². The molecular formula is C24H29NO. The smallest absolute Gasteiger partial charge is 0.124 e. The van der Waals surface area contributed by atoms with Gasteiger partial charge in [-0.2, -0.15) is 5.26 Å². The van der Waals surface area contributed by atoms with Gasteiger partial charge in [-0.1, -0.05) is 69.4 Å². The van der Waals surface area contributed by atoms with Crippen molar-refractivity contribution in [2.24, 2.45) is 11.8 Å². The van der Waals surface area contributed by atoms with Gasteiger partial charge in [0.1, 0.15) is 11.9 Å². The van der Waals surface area contributed by atoms with Crippen LogP contribution >= 0.6 is 0 Å². The number of nitriles is 1. The number of nitrogens with zero attached hydrogens (tertiary/aromatic N) is 1. The Kier molecular flexibility index (Phi) is 6.72. The second kappa shape index (κ2) is 9.43. The second-order valence-corrected chi connectivity index (χ2v) is 7.53. The molecule has 1 unspecified atom stereocenters. The topological polar surface area (TPSA) is 33.0 Å². The van der Waals surface area contributed by atoms with Crippen LogP contribution in [0, 0.1) is 23.2 Å². The van der Waals surface area contributed by atoms with Crippen molar-refractivity contribution in [1.29, 1.82) is 5.26 Å². The molecule has 0 saturated heterocycles. The van der Waals surface area contributed by atoms with Crippen LogP contribution in [0.15, 0.2) is 54.6 Å². The van der Waals surface area contributed by atoms with E-state index in [1.54, 1.807) is 0 Å². The first-order valence-electron chi connectivity index (χ1n) is 10.00. The molecule has 1 saturated carbocycles. The van der Waals surface area contributed by atoms with Crippen molar-refractivity contribution in [3.63, 3.8) is 0 Å². The maximum atomic E-state index is 8.96. The molecule has 2 heteroatoms. The predicted octanol–water partition coefficient (Wildman–Crippen LogP) is 6.67. The van der Waals surface area contributed by atoms with E-state index in [-0.39, 0.29) is 6.10 Å². The first-order valence-corrected chi connectivity index (χ1v) is 10.00. The standard InChI is InChI=1S/C24H29NO/c1-2-19-8-10-20(11-9-19)14-17-24(22-6-4-3-5-7-22)26-23-15-12-21(18-25)13-16-23/h3-7,12-13,15-16,19-20,24H,2,8-11,14,17H2,1H3/t19-,20-,24?. The maximum absolute atomic E-state index is 8.96. The molecule has 0 heterocycles. The number of benzene rings is 2. The Bertz CT molecular complexity index is 693. The number of hydrogen-bond acceptors (Lipinski definition) is 2. The Morgan fingerprint density at radius 1 is 0.962 bits per heavy atom. The lowest BCUT2D eigenvalue weighted by Gasteiger charge is -2.29. The van der Waals surface area contributed by atoms with E-state index in [4.69, 9.17) is 10.00 Å². The molecule has 1 aliphatic carbocycles. The molecule has 136 valence electrons. The fourth-order valence-corrected chi connectivity index (χ4v) is 4.05. The van der Waals surface area contributed by atoms with Gasteiger partial charge in [0.2, 0.25) is 0 Å². The molecule has 0 spiro atoms. The largest absolute Gasteiger partial charge is 0.486 e. The zero-order valence-electron chi connectivity index (χ0n) is 15.7. The van der Waals surface area contributed by atoms with E-state index in [1.807, 2.05) is 30.3 Å². The average Bonchev–Trinajstić information content (AvgIpc) is 2.72. The van der Waals surface area contributed by atoms with Crippen LogP contribution in [0.1, 0.15) is 69.1 Å². The number of hydrogen-bond donors (Lipinski definition) is 0. The SMILES string of the molecule is CC[C@H]1CC[C@H](CCC(Oc2ccc(C#N)cc2)c2ccccc2)CC1. The molecule has 0 aliphatic heterocycles. The summed E-state index contributed by atoms with van der Waals surface area (Å²) in [7, 11) is 0. The summed E-state index contributed by atoms with van der Waals surface area (Å²) in [4.78, 5) is 0. The summed E-state index contributed by atoms with van der Waals surface area (Å²) < 4.78 is 6.32. The normalized spacial score (nSPS) is 20.9. The molecule has 0 N–H and O–H groups in total. The highest BCUT2D eigenvalue weighted by Crippen LogP contribution is 2.35. The zero-order valence-corrected chi connectivity index (χ0v) is 15.7. The van der Waals surface area contributed by atoms with Crippen molar-refractivity contribution in [3.05, 3.63) is 65.7 Å². The quantitative estimate of drug-likeness (QED) is 0.560. The number of ether oxygens (including phenoxy) is 1. The fourth-order valence-electron chi connectivity index (χ4n) is 4.05. The van der Waals surface area contributed by atoms with Gasteiger partial charge < -0.3 is 4.74 Å². The van der Waals surface area contributed by atoms with Crippen LogP contribution in [0.5, 0.6) is 5.75 Å². The molecule has 0 aromatic heterocycles. The van der Waals surface area contributed by atoms with Crippen LogP contribution in [-0.4, -0.2) is 0 Å². The van der Waals surface area contributed by atoms with Crippen molar-refractivity contribution in [2.75, 3.05) is 0 Å². The Hall–Kier alpha value is -2.27. The lowest BCUT2D eigenvalue weighted by Crippen LogP contribution is -2.16. The highest BCUT2D eigenvalue weighted by molar-refractivity contribution is 5.35. The van der Waals surface area contributed by atoms with Crippen LogP contribution in [0.25, 0.3) is 0 Å². The van der Waals surface area contributed by atoms with Gasteiger partial charge in [-0.15, -0.1) is 0 Å². The molecule has 1 atom stereocenters. The highest BCUT2D eigenvalue weighted by atomic mass is 16.5. The molecule has 0 radical (unpaired) electrons. The van der Waals surface area contributed by atoms with Crippen molar-refractivity contribution >= 4 is 0 Å². The lowest BCUT2D eigenvalue weighted by atomic mass is 9.78. The summed E-state index contributed by atoms with van der Waals surface area (Å²) in [6.07, 6.45) is 9.22. The summed E-state index contributed by atoms with van der Waals surface area (Å²) in [5.74, 6) is 2.63. The Balaban J connectivity index is 1.63. The Morgan fingerprint density at radius 3 is 2.23 bits per heavy atom. The van der Waals surface area contributed by atoms with E-state index in [1.165, 1.54) is 44.1 Å². The molecule has 0 bridgehead atoms. The molecule has 2 aromatic carbocycles. The van der Waals surface area contributed by atoms with Gasteiger partial charge in [0.05, 0.1) is 11.6 Å². The Labute approximate surface area is 157 Å². The highest BCUT2D eigenvalue weighted by Gasteiger charge is 2.22. The summed E-state index contributed by atoms with van der Waals surface area (Å²) in [6, 6.07) is 20.1. The summed E-state index contributed by atoms with van der Waals surface area (Å²) in [6.45, 7) is 2.32. The molecule has 2 nitrogen and oxygen atoms in total. The van der Waals surface area contributed by atoms with Gasteiger partial charge in [-0.3, -0.25) is 0 Å². The van der Waals surface area contributed by atoms with Crippen LogP contribution < -0.4 is 4.74 Å². The van der Waals surface area contributed by atoms with Crippen molar-refractivity contribution in [3.8, 4) is 11.8 Å². The van der Waals surface area contributed by atoms with Crippen molar-refractivity contribution in [2.45, 2.75) is 58.0 Å². The monoisotopic (exact) mass is 347 g/mol. The van der Waals surface area contributed by atoms with Gasteiger partial charge >= 0.3 is 0 Å².